The highest BCUT2D eigenvalue weighted by Crippen LogP contribution is 2.19. The number of hydrogen-bond donors (Lipinski definition) is 1. The lowest BCUT2D eigenvalue weighted by atomic mass is 10.1. The van der Waals surface area contributed by atoms with Crippen molar-refractivity contribution in [2.24, 2.45) is 0 Å². The van der Waals surface area contributed by atoms with E-state index in [-0.39, 0.29) is 11.6 Å². The molecule has 0 saturated carbocycles. The van der Waals surface area contributed by atoms with Gasteiger partial charge in [0.15, 0.2) is 0 Å². The number of likely N-dealkylation sites (N-methyl/N-ethyl adjacent to an activating group) is 1. The lowest BCUT2D eigenvalue weighted by molar-refractivity contribution is 0.283. The predicted octanol–water partition coefficient (Wildman–Crippen LogP) is 3.35. The van der Waals surface area contributed by atoms with Gasteiger partial charge in [-0.05, 0) is 38.6 Å². The molecule has 0 aliphatic rings. The number of rotatable bonds is 8. The van der Waals surface area contributed by atoms with Crippen LogP contribution in [-0.4, -0.2) is 31.1 Å². The van der Waals surface area contributed by atoms with Crippen LogP contribution in [0.4, 0.5) is 8.78 Å². The Hall–Kier alpha value is -1.00. The first-order valence-electron chi connectivity index (χ1n) is 6.99. The Morgan fingerprint density at radius 1 is 1.16 bits per heavy atom. The molecule has 0 fully saturated rings. The zero-order valence-electron chi connectivity index (χ0n) is 12.0. The van der Waals surface area contributed by atoms with Crippen molar-refractivity contribution in [3.05, 3.63) is 35.4 Å². The Morgan fingerprint density at radius 2 is 1.79 bits per heavy atom. The highest BCUT2D eigenvalue weighted by Gasteiger charge is 2.15. The van der Waals surface area contributed by atoms with Crippen molar-refractivity contribution in [2.45, 2.75) is 33.2 Å². The highest BCUT2D eigenvalue weighted by molar-refractivity contribution is 5.22. The van der Waals surface area contributed by atoms with E-state index in [4.69, 9.17) is 0 Å². The predicted molar refractivity (Wildman–Crippen MR) is 75.2 cm³/mol. The molecule has 4 heteroatoms. The standard InChI is InChI=1S/C15H24F2N2/c1-4-10-19(5-2)11-9-18-12(3)15-13(16)7-6-8-14(15)17/h6-8,12,18H,4-5,9-11H2,1-3H3. The van der Waals surface area contributed by atoms with Gasteiger partial charge in [0, 0.05) is 24.7 Å². The van der Waals surface area contributed by atoms with Crippen LogP contribution in [0.5, 0.6) is 0 Å². The lowest BCUT2D eigenvalue weighted by Gasteiger charge is -2.22. The van der Waals surface area contributed by atoms with E-state index in [1.165, 1.54) is 18.2 Å². The Morgan fingerprint density at radius 3 is 2.32 bits per heavy atom. The van der Waals surface area contributed by atoms with Gasteiger partial charge in [-0.2, -0.15) is 0 Å². The molecule has 0 spiro atoms. The molecule has 0 bridgehead atoms. The fraction of sp³-hybridized carbons (Fsp3) is 0.600. The third-order valence-corrected chi connectivity index (χ3v) is 3.30. The van der Waals surface area contributed by atoms with Crippen molar-refractivity contribution in [3.8, 4) is 0 Å². The maximum atomic E-state index is 13.6. The topological polar surface area (TPSA) is 15.3 Å². The van der Waals surface area contributed by atoms with Crippen molar-refractivity contribution in [2.75, 3.05) is 26.2 Å². The van der Waals surface area contributed by atoms with Crippen LogP contribution in [0.1, 0.15) is 38.8 Å². The molecule has 1 rings (SSSR count). The summed E-state index contributed by atoms with van der Waals surface area (Å²) in [7, 11) is 0. The van der Waals surface area contributed by atoms with Gasteiger partial charge in [0.05, 0.1) is 0 Å². The number of nitrogens with one attached hydrogen (secondary N) is 1. The van der Waals surface area contributed by atoms with E-state index in [0.717, 1.165) is 32.6 Å². The summed E-state index contributed by atoms with van der Waals surface area (Å²) in [5.74, 6) is -0.971. The van der Waals surface area contributed by atoms with Gasteiger partial charge in [-0.3, -0.25) is 0 Å². The fourth-order valence-corrected chi connectivity index (χ4v) is 2.21. The molecule has 1 aromatic carbocycles. The van der Waals surface area contributed by atoms with E-state index in [9.17, 15) is 8.78 Å². The van der Waals surface area contributed by atoms with E-state index in [0.29, 0.717) is 0 Å². The minimum atomic E-state index is -0.485. The zero-order chi connectivity index (χ0) is 14.3. The summed E-state index contributed by atoms with van der Waals surface area (Å²) in [6, 6.07) is 3.67. The van der Waals surface area contributed by atoms with Gasteiger partial charge in [-0.1, -0.05) is 19.9 Å². The van der Waals surface area contributed by atoms with E-state index in [1.54, 1.807) is 6.92 Å². The minimum absolute atomic E-state index is 0.126. The second-order valence-electron chi connectivity index (χ2n) is 4.75. The number of hydrogen-bond acceptors (Lipinski definition) is 2. The van der Waals surface area contributed by atoms with E-state index in [2.05, 4.69) is 24.1 Å². The molecule has 0 aliphatic heterocycles. The van der Waals surface area contributed by atoms with Crippen LogP contribution in [0.25, 0.3) is 0 Å². The third kappa shape index (κ3) is 4.88. The van der Waals surface area contributed by atoms with Crippen molar-refractivity contribution in [1.82, 2.24) is 10.2 Å². The highest BCUT2D eigenvalue weighted by atomic mass is 19.1. The summed E-state index contributed by atoms with van der Waals surface area (Å²) in [5, 5.41) is 3.18. The van der Waals surface area contributed by atoms with Gasteiger partial charge < -0.3 is 10.2 Å². The van der Waals surface area contributed by atoms with Crippen LogP contribution >= 0.6 is 0 Å². The molecule has 0 saturated heterocycles. The Bertz CT molecular complexity index is 362. The smallest absolute Gasteiger partial charge is 0.130 e. The van der Waals surface area contributed by atoms with Crippen LogP contribution < -0.4 is 5.32 Å². The molecule has 1 unspecified atom stereocenters. The van der Waals surface area contributed by atoms with Gasteiger partial charge >= 0.3 is 0 Å². The van der Waals surface area contributed by atoms with Crippen molar-refractivity contribution in [1.29, 1.82) is 0 Å². The van der Waals surface area contributed by atoms with Crippen LogP contribution in [0.2, 0.25) is 0 Å². The van der Waals surface area contributed by atoms with Gasteiger partial charge in [-0.25, -0.2) is 8.78 Å². The summed E-state index contributed by atoms with van der Waals surface area (Å²) < 4.78 is 27.2. The van der Waals surface area contributed by atoms with Gasteiger partial charge in [0.25, 0.3) is 0 Å². The molecule has 0 radical (unpaired) electrons. The fourth-order valence-electron chi connectivity index (χ4n) is 2.21. The molecule has 1 atom stereocenters. The van der Waals surface area contributed by atoms with E-state index >= 15 is 0 Å². The lowest BCUT2D eigenvalue weighted by Crippen LogP contribution is -2.34. The second-order valence-corrected chi connectivity index (χ2v) is 4.75. The van der Waals surface area contributed by atoms with Crippen LogP contribution in [0.3, 0.4) is 0 Å². The SMILES string of the molecule is CCCN(CC)CCNC(C)c1c(F)cccc1F. The molecule has 1 N–H and O–H groups in total. The molecular formula is C15H24F2N2. The summed E-state index contributed by atoms with van der Waals surface area (Å²) in [5.41, 5.74) is 0.126. The maximum absolute atomic E-state index is 13.6. The first-order chi connectivity index (χ1) is 9.10. The quantitative estimate of drug-likeness (QED) is 0.779. The van der Waals surface area contributed by atoms with Gasteiger partial charge in [0.1, 0.15) is 11.6 Å². The Labute approximate surface area is 114 Å². The molecule has 2 nitrogen and oxygen atoms in total. The van der Waals surface area contributed by atoms with Crippen molar-refractivity contribution >= 4 is 0 Å². The first kappa shape index (κ1) is 16.1. The van der Waals surface area contributed by atoms with Crippen LogP contribution in [0.15, 0.2) is 18.2 Å². The number of benzene rings is 1. The Kier molecular flexibility index (Phi) is 6.95. The first-order valence-corrected chi connectivity index (χ1v) is 6.99. The summed E-state index contributed by atoms with van der Waals surface area (Å²) >= 11 is 0. The molecule has 19 heavy (non-hydrogen) atoms. The number of nitrogens with zero attached hydrogens (tertiary/aromatic N) is 1. The third-order valence-electron chi connectivity index (χ3n) is 3.30. The second kappa shape index (κ2) is 8.23. The summed E-state index contributed by atoms with van der Waals surface area (Å²) in [4.78, 5) is 2.32. The van der Waals surface area contributed by atoms with Crippen molar-refractivity contribution in [3.63, 3.8) is 0 Å². The molecule has 1 aromatic rings. The zero-order valence-corrected chi connectivity index (χ0v) is 12.0. The summed E-state index contributed by atoms with van der Waals surface area (Å²) in [6.07, 6.45) is 1.12. The normalized spacial score (nSPS) is 12.9. The monoisotopic (exact) mass is 270 g/mol. The molecule has 0 amide bonds. The van der Waals surface area contributed by atoms with Gasteiger partial charge in [0.2, 0.25) is 0 Å². The molecule has 108 valence electrons. The minimum Gasteiger partial charge on any atom is -0.309 e. The summed E-state index contributed by atoms with van der Waals surface area (Å²) in [6.45, 7) is 9.73. The maximum Gasteiger partial charge on any atom is 0.130 e. The largest absolute Gasteiger partial charge is 0.309 e. The van der Waals surface area contributed by atoms with E-state index < -0.39 is 11.6 Å². The Balaban J connectivity index is 2.49. The molecule has 0 heterocycles. The van der Waals surface area contributed by atoms with Gasteiger partial charge in [-0.15, -0.1) is 0 Å². The van der Waals surface area contributed by atoms with Crippen molar-refractivity contribution < 1.29 is 8.78 Å². The molecule has 0 aliphatic carbocycles. The average Bonchev–Trinajstić information content (AvgIpc) is 2.37. The number of halogens is 2. The molecular weight excluding hydrogens is 246 g/mol. The van der Waals surface area contributed by atoms with E-state index in [1.807, 2.05) is 0 Å². The van der Waals surface area contributed by atoms with Crippen LogP contribution in [0, 0.1) is 11.6 Å². The average molecular weight is 270 g/mol. The molecule has 0 aromatic heterocycles. The van der Waals surface area contributed by atoms with Crippen LogP contribution in [-0.2, 0) is 0 Å².